The molecule has 0 radical (unpaired) electrons. The number of hydrogen-bond acceptors (Lipinski definition) is 2. The van der Waals surface area contributed by atoms with Crippen molar-refractivity contribution in [2.45, 2.75) is 58.5 Å². The highest BCUT2D eigenvalue weighted by Crippen LogP contribution is 2.26. The highest BCUT2D eigenvalue weighted by Gasteiger charge is 2.23. The van der Waals surface area contributed by atoms with Gasteiger partial charge in [-0.3, -0.25) is 0 Å². The van der Waals surface area contributed by atoms with Crippen molar-refractivity contribution in [3.63, 3.8) is 0 Å². The van der Waals surface area contributed by atoms with E-state index in [-0.39, 0.29) is 0 Å². The summed E-state index contributed by atoms with van der Waals surface area (Å²) in [6.07, 6.45) is 5.44. The van der Waals surface area contributed by atoms with Gasteiger partial charge in [0.15, 0.2) is 0 Å². The molecule has 1 aliphatic rings. The van der Waals surface area contributed by atoms with E-state index in [0.29, 0.717) is 12.1 Å². The van der Waals surface area contributed by atoms with Crippen molar-refractivity contribution in [3.05, 3.63) is 23.7 Å². The van der Waals surface area contributed by atoms with Gasteiger partial charge in [-0.25, -0.2) is 0 Å². The van der Waals surface area contributed by atoms with Crippen molar-refractivity contribution in [2.24, 2.45) is 5.92 Å². The average molecular weight is 221 g/mol. The Morgan fingerprint density at radius 2 is 2.06 bits per heavy atom. The van der Waals surface area contributed by atoms with Gasteiger partial charge in [0, 0.05) is 6.04 Å². The lowest BCUT2D eigenvalue weighted by Crippen LogP contribution is -2.38. The van der Waals surface area contributed by atoms with E-state index in [4.69, 9.17) is 4.42 Å². The van der Waals surface area contributed by atoms with Crippen LogP contribution in [0, 0.1) is 12.8 Å². The Balaban J connectivity index is 1.93. The first-order chi connectivity index (χ1) is 7.66. The molecule has 16 heavy (non-hydrogen) atoms. The Kier molecular flexibility index (Phi) is 3.70. The monoisotopic (exact) mass is 221 g/mol. The number of furan rings is 1. The molecule has 90 valence electrons. The van der Waals surface area contributed by atoms with Crippen LogP contribution in [0.2, 0.25) is 0 Å². The van der Waals surface area contributed by atoms with Crippen molar-refractivity contribution >= 4 is 0 Å². The summed E-state index contributed by atoms with van der Waals surface area (Å²) >= 11 is 0. The van der Waals surface area contributed by atoms with Gasteiger partial charge in [0.25, 0.3) is 0 Å². The van der Waals surface area contributed by atoms with Crippen LogP contribution in [0.3, 0.4) is 0 Å². The van der Waals surface area contributed by atoms with Crippen molar-refractivity contribution < 1.29 is 4.42 Å². The van der Waals surface area contributed by atoms with Gasteiger partial charge in [-0.05, 0) is 44.7 Å². The molecule has 1 aliphatic carbocycles. The van der Waals surface area contributed by atoms with Crippen LogP contribution in [0.1, 0.15) is 57.1 Å². The molecule has 1 fully saturated rings. The van der Waals surface area contributed by atoms with E-state index in [2.05, 4.69) is 25.2 Å². The van der Waals surface area contributed by atoms with E-state index in [1.165, 1.54) is 25.7 Å². The Bertz CT molecular complexity index is 331. The maximum absolute atomic E-state index is 5.66. The third-order valence-electron chi connectivity index (χ3n) is 3.76. The third kappa shape index (κ3) is 2.67. The number of aryl methyl sites for hydroxylation is 1. The average Bonchev–Trinajstić information content (AvgIpc) is 2.68. The zero-order valence-electron chi connectivity index (χ0n) is 10.6. The predicted octanol–water partition coefficient (Wildman–Crippen LogP) is 3.82. The smallest absolute Gasteiger partial charge is 0.120 e. The molecular weight excluding hydrogens is 198 g/mol. The molecule has 2 rings (SSSR count). The van der Waals surface area contributed by atoms with E-state index < -0.39 is 0 Å². The van der Waals surface area contributed by atoms with Crippen LogP contribution in [-0.2, 0) is 0 Å². The molecule has 1 N–H and O–H groups in total. The van der Waals surface area contributed by atoms with Gasteiger partial charge in [0.1, 0.15) is 11.5 Å². The Labute approximate surface area is 98.4 Å². The normalized spacial score (nSPS) is 27.9. The zero-order chi connectivity index (χ0) is 11.5. The molecule has 1 aromatic heterocycles. The fourth-order valence-corrected chi connectivity index (χ4v) is 2.65. The Morgan fingerprint density at radius 1 is 1.31 bits per heavy atom. The first-order valence-corrected chi connectivity index (χ1v) is 6.49. The van der Waals surface area contributed by atoms with Crippen LogP contribution in [-0.4, -0.2) is 6.04 Å². The fourth-order valence-electron chi connectivity index (χ4n) is 2.65. The highest BCUT2D eigenvalue weighted by molar-refractivity contribution is 5.09. The summed E-state index contributed by atoms with van der Waals surface area (Å²) in [5.74, 6) is 2.86. The van der Waals surface area contributed by atoms with Gasteiger partial charge in [0.05, 0.1) is 6.04 Å². The molecule has 3 unspecified atom stereocenters. The second kappa shape index (κ2) is 5.05. The van der Waals surface area contributed by atoms with Crippen molar-refractivity contribution in [1.29, 1.82) is 0 Å². The largest absolute Gasteiger partial charge is 0.465 e. The molecule has 1 aromatic rings. The van der Waals surface area contributed by atoms with Gasteiger partial charge in [0.2, 0.25) is 0 Å². The number of rotatable bonds is 3. The summed E-state index contributed by atoms with van der Waals surface area (Å²) < 4.78 is 5.66. The topological polar surface area (TPSA) is 25.2 Å². The molecule has 1 saturated carbocycles. The summed E-state index contributed by atoms with van der Waals surface area (Å²) in [6, 6.07) is 5.12. The van der Waals surface area contributed by atoms with Gasteiger partial charge in [-0.2, -0.15) is 0 Å². The summed E-state index contributed by atoms with van der Waals surface area (Å²) in [6.45, 7) is 6.55. The lowest BCUT2D eigenvalue weighted by atomic mass is 9.85. The van der Waals surface area contributed by atoms with Gasteiger partial charge < -0.3 is 9.73 Å². The van der Waals surface area contributed by atoms with Gasteiger partial charge in [-0.1, -0.05) is 19.8 Å². The standard InChI is InChI=1S/C14H23NO/c1-10-6-4-5-7-13(10)15-12(3)14-9-8-11(2)16-14/h8-10,12-13,15H,4-7H2,1-3H3. The van der Waals surface area contributed by atoms with Crippen molar-refractivity contribution in [3.8, 4) is 0 Å². The lowest BCUT2D eigenvalue weighted by molar-refractivity contribution is 0.252. The fraction of sp³-hybridized carbons (Fsp3) is 0.714. The minimum Gasteiger partial charge on any atom is -0.465 e. The van der Waals surface area contributed by atoms with Crippen LogP contribution >= 0.6 is 0 Å². The molecule has 2 nitrogen and oxygen atoms in total. The minimum absolute atomic E-state index is 0.333. The summed E-state index contributed by atoms with van der Waals surface area (Å²) in [7, 11) is 0. The molecule has 0 spiro atoms. The second-order valence-electron chi connectivity index (χ2n) is 5.21. The van der Waals surface area contributed by atoms with E-state index in [9.17, 15) is 0 Å². The zero-order valence-corrected chi connectivity index (χ0v) is 10.6. The predicted molar refractivity (Wildman–Crippen MR) is 66.4 cm³/mol. The van der Waals surface area contributed by atoms with Crippen LogP contribution < -0.4 is 5.32 Å². The quantitative estimate of drug-likeness (QED) is 0.839. The van der Waals surface area contributed by atoms with Crippen LogP contribution in [0.5, 0.6) is 0 Å². The molecule has 0 amide bonds. The third-order valence-corrected chi connectivity index (χ3v) is 3.76. The second-order valence-corrected chi connectivity index (χ2v) is 5.21. The van der Waals surface area contributed by atoms with Gasteiger partial charge in [-0.15, -0.1) is 0 Å². The van der Waals surface area contributed by atoms with Crippen molar-refractivity contribution in [1.82, 2.24) is 5.32 Å². The first kappa shape index (κ1) is 11.7. The molecular formula is C14H23NO. The highest BCUT2D eigenvalue weighted by atomic mass is 16.3. The van der Waals surface area contributed by atoms with Crippen LogP contribution in [0.4, 0.5) is 0 Å². The minimum atomic E-state index is 0.333. The van der Waals surface area contributed by atoms with Gasteiger partial charge >= 0.3 is 0 Å². The number of nitrogens with one attached hydrogen (secondary N) is 1. The number of hydrogen-bond donors (Lipinski definition) is 1. The SMILES string of the molecule is Cc1ccc(C(C)NC2CCCCC2C)o1. The molecule has 0 aromatic carbocycles. The summed E-state index contributed by atoms with van der Waals surface area (Å²) in [5.41, 5.74) is 0. The first-order valence-electron chi connectivity index (χ1n) is 6.49. The lowest BCUT2D eigenvalue weighted by Gasteiger charge is -2.31. The maximum atomic E-state index is 5.66. The Hall–Kier alpha value is -0.760. The Morgan fingerprint density at radius 3 is 2.69 bits per heavy atom. The van der Waals surface area contributed by atoms with E-state index in [0.717, 1.165) is 17.4 Å². The van der Waals surface area contributed by atoms with E-state index in [1.807, 2.05) is 13.0 Å². The summed E-state index contributed by atoms with van der Waals surface area (Å²) in [4.78, 5) is 0. The summed E-state index contributed by atoms with van der Waals surface area (Å²) in [5, 5.41) is 3.70. The van der Waals surface area contributed by atoms with E-state index in [1.54, 1.807) is 0 Å². The van der Waals surface area contributed by atoms with Crippen molar-refractivity contribution in [2.75, 3.05) is 0 Å². The molecule has 0 saturated heterocycles. The maximum Gasteiger partial charge on any atom is 0.120 e. The molecule has 3 atom stereocenters. The van der Waals surface area contributed by atoms with Crippen LogP contribution in [0.25, 0.3) is 0 Å². The molecule has 2 heteroatoms. The van der Waals surface area contributed by atoms with Crippen LogP contribution in [0.15, 0.2) is 16.5 Å². The van der Waals surface area contributed by atoms with E-state index >= 15 is 0 Å². The molecule has 1 heterocycles. The molecule has 0 bridgehead atoms. The molecule has 0 aliphatic heterocycles.